The molecule has 0 spiro atoms. The summed E-state index contributed by atoms with van der Waals surface area (Å²) in [5.74, 6) is 0.00896. The van der Waals surface area contributed by atoms with Gasteiger partial charge >= 0.3 is 0 Å². The molecule has 2 N–H and O–H groups in total. The fourth-order valence-electron chi connectivity index (χ4n) is 1.63. The SMILES string of the molecule is O=C(CCn1cncn1)NCC1CNCCO1. The lowest BCUT2D eigenvalue weighted by Gasteiger charge is -2.23. The lowest BCUT2D eigenvalue weighted by Crippen LogP contribution is -2.45. The summed E-state index contributed by atoms with van der Waals surface area (Å²) < 4.78 is 7.11. The van der Waals surface area contributed by atoms with E-state index in [1.54, 1.807) is 11.0 Å². The normalized spacial score (nSPS) is 20.1. The second-order valence-corrected chi connectivity index (χ2v) is 3.91. The van der Waals surface area contributed by atoms with Crippen LogP contribution in [0.2, 0.25) is 0 Å². The fourth-order valence-corrected chi connectivity index (χ4v) is 1.63. The largest absolute Gasteiger partial charge is 0.374 e. The predicted octanol–water partition coefficient (Wildman–Crippen LogP) is -1.23. The van der Waals surface area contributed by atoms with Gasteiger partial charge in [-0.2, -0.15) is 5.10 Å². The van der Waals surface area contributed by atoms with E-state index in [9.17, 15) is 4.79 Å². The van der Waals surface area contributed by atoms with Gasteiger partial charge in [0, 0.05) is 26.1 Å². The molecule has 0 aliphatic carbocycles. The van der Waals surface area contributed by atoms with Gasteiger partial charge in [-0.05, 0) is 0 Å². The van der Waals surface area contributed by atoms with Gasteiger partial charge in [0.25, 0.3) is 0 Å². The molecule has 0 radical (unpaired) electrons. The average molecular weight is 239 g/mol. The summed E-state index contributed by atoms with van der Waals surface area (Å²) in [4.78, 5) is 15.3. The zero-order valence-electron chi connectivity index (χ0n) is 9.63. The van der Waals surface area contributed by atoms with Gasteiger partial charge in [-0.25, -0.2) is 4.98 Å². The molecule has 94 valence electrons. The molecule has 2 rings (SSSR count). The van der Waals surface area contributed by atoms with E-state index in [4.69, 9.17) is 4.74 Å². The molecule has 1 aliphatic heterocycles. The Kier molecular flexibility index (Phi) is 4.45. The maximum absolute atomic E-state index is 11.5. The zero-order valence-corrected chi connectivity index (χ0v) is 9.63. The minimum Gasteiger partial charge on any atom is -0.374 e. The first-order valence-corrected chi connectivity index (χ1v) is 5.76. The van der Waals surface area contributed by atoms with E-state index in [2.05, 4.69) is 20.7 Å². The molecule has 2 heterocycles. The first-order chi connectivity index (χ1) is 8.34. The molecular weight excluding hydrogens is 222 g/mol. The number of morpholine rings is 1. The van der Waals surface area contributed by atoms with Gasteiger partial charge in [0.1, 0.15) is 12.7 Å². The maximum atomic E-state index is 11.5. The minimum atomic E-state index is 0.00896. The second-order valence-electron chi connectivity index (χ2n) is 3.91. The highest BCUT2D eigenvalue weighted by Gasteiger charge is 2.13. The van der Waals surface area contributed by atoms with Crippen LogP contribution in [0.15, 0.2) is 12.7 Å². The molecule has 0 saturated carbocycles. The summed E-state index contributed by atoms with van der Waals surface area (Å²) in [6.07, 6.45) is 3.55. The van der Waals surface area contributed by atoms with Crippen LogP contribution in [0, 0.1) is 0 Å². The molecular formula is C10H17N5O2. The molecule has 1 atom stereocenters. The Bertz CT molecular complexity index is 334. The average Bonchev–Trinajstić information content (AvgIpc) is 2.88. The Hall–Kier alpha value is -1.47. The van der Waals surface area contributed by atoms with Crippen molar-refractivity contribution >= 4 is 5.91 Å². The van der Waals surface area contributed by atoms with Crippen LogP contribution in [0.3, 0.4) is 0 Å². The number of hydrogen-bond acceptors (Lipinski definition) is 5. The van der Waals surface area contributed by atoms with Gasteiger partial charge in [0.05, 0.1) is 19.3 Å². The number of nitrogens with one attached hydrogen (secondary N) is 2. The highest BCUT2D eigenvalue weighted by molar-refractivity contribution is 5.75. The molecule has 0 bridgehead atoms. The Balaban J connectivity index is 1.60. The van der Waals surface area contributed by atoms with Crippen molar-refractivity contribution in [3.8, 4) is 0 Å². The monoisotopic (exact) mass is 239 g/mol. The van der Waals surface area contributed by atoms with Crippen molar-refractivity contribution in [2.75, 3.05) is 26.2 Å². The Labute approximate surface area is 99.5 Å². The zero-order chi connectivity index (χ0) is 11.9. The lowest BCUT2D eigenvalue weighted by molar-refractivity contribution is -0.122. The van der Waals surface area contributed by atoms with Crippen LogP contribution in [-0.2, 0) is 16.1 Å². The summed E-state index contributed by atoms with van der Waals surface area (Å²) in [6.45, 7) is 3.50. The quantitative estimate of drug-likeness (QED) is 0.672. The van der Waals surface area contributed by atoms with Gasteiger partial charge in [-0.3, -0.25) is 9.48 Å². The minimum absolute atomic E-state index is 0.00896. The third-order valence-corrected chi connectivity index (χ3v) is 2.57. The van der Waals surface area contributed by atoms with Crippen LogP contribution in [0.5, 0.6) is 0 Å². The lowest BCUT2D eigenvalue weighted by atomic mass is 10.3. The Morgan fingerprint density at radius 2 is 2.59 bits per heavy atom. The van der Waals surface area contributed by atoms with Crippen LogP contribution in [0.4, 0.5) is 0 Å². The summed E-state index contributed by atoms with van der Waals surface area (Å²) in [5.41, 5.74) is 0. The summed E-state index contributed by atoms with van der Waals surface area (Å²) in [7, 11) is 0. The van der Waals surface area contributed by atoms with Crippen molar-refractivity contribution in [1.82, 2.24) is 25.4 Å². The van der Waals surface area contributed by atoms with E-state index in [1.165, 1.54) is 6.33 Å². The molecule has 1 saturated heterocycles. The number of rotatable bonds is 5. The van der Waals surface area contributed by atoms with Crippen molar-refractivity contribution in [1.29, 1.82) is 0 Å². The van der Waals surface area contributed by atoms with Crippen molar-refractivity contribution in [2.45, 2.75) is 19.1 Å². The fraction of sp³-hybridized carbons (Fsp3) is 0.700. The van der Waals surface area contributed by atoms with Crippen LogP contribution in [0.1, 0.15) is 6.42 Å². The van der Waals surface area contributed by atoms with Gasteiger partial charge in [0.15, 0.2) is 0 Å². The molecule has 1 aromatic heterocycles. The first-order valence-electron chi connectivity index (χ1n) is 5.76. The first kappa shape index (κ1) is 12.0. The van der Waals surface area contributed by atoms with Crippen molar-refractivity contribution < 1.29 is 9.53 Å². The molecule has 1 aliphatic rings. The van der Waals surface area contributed by atoms with Gasteiger partial charge in [-0.15, -0.1) is 0 Å². The number of aromatic nitrogens is 3. The van der Waals surface area contributed by atoms with E-state index in [1.807, 2.05) is 0 Å². The van der Waals surface area contributed by atoms with E-state index < -0.39 is 0 Å². The molecule has 1 fully saturated rings. The van der Waals surface area contributed by atoms with Crippen LogP contribution in [-0.4, -0.2) is 53.0 Å². The number of carbonyl (C=O) groups excluding carboxylic acids is 1. The van der Waals surface area contributed by atoms with Gasteiger partial charge in [0.2, 0.25) is 5.91 Å². The molecule has 17 heavy (non-hydrogen) atoms. The topological polar surface area (TPSA) is 81.1 Å². The van der Waals surface area contributed by atoms with Gasteiger partial charge in [-0.1, -0.05) is 0 Å². The predicted molar refractivity (Wildman–Crippen MR) is 60.3 cm³/mol. The highest BCUT2D eigenvalue weighted by Crippen LogP contribution is 1.94. The third-order valence-electron chi connectivity index (χ3n) is 2.57. The smallest absolute Gasteiger partial charge is 0.221 e. The second kappa shape index (κ2) is 6.31. The molecule has 1 aromatic rings. The number of amides is 1. The van der Waals surface area contributed by atoms with E-state index in [0.29, 0.717) is 26.1 Å². The van der Waals surface area contributed by atoms with Crippen molar-refractivity contribution in [3.05, 3.63) is 12.7 Å². The summed E-state index contributed by atoms with van der Waals surface area (Å²) >= 11 is 0. The van der Waals surface area contributed by atoms with Crippen molar-refractivity contribution in [3.63, 3.8) is 0 Å². The number of ether oxygens (including phenoxy) is 1. The van der Waals surface area contributed by atoms with E-state index >= 15 is 0 Å². The van der Waals surface area contributed by atoms with E-state index in [-0.39, 0.29) is 12.0 Å². The standard InChI is InChI=1S/C10H17N5O2/c16-10(1-3-15-8-12-7-14-15)13-6-9-5-11-2-4-17-9/h7-9,11H,1-6H2,(H,13,16). The summed E-state index contributed by atoms with van der Waals surface area (Å²) in [6, 6.07) is 0. The van der Waals surface area contributed by atoms with Crippen LogP contribution < -0.4 is 10.6 Å². The number of hydrogen-bond donors (Lipinski definition) is 2. The highest BCUT2D eigenvalue weighted by atomic mass is 16.5. The Morgan fingerprint density at radius 3 is 3.29 bits per heavy atom. The molecule has 0 aromatic carbocycles. The maximum Gasteiger partial charge on any atom is 0.221 e. The number of carbonyl (C=O) groups is 1. The summed E-state index contributed by atoms with van der Waals surface area (Å²) in [5, 5.41) is 9.99. The van der Waals surface area contributed by atoms with Crippen LogP contribution in [0.25, 0.3) is 0 Å². The van der Waals surface area contributed by atoms with Crippen LogP contribution >= 0.6 is 0 Å². The van der Waals surface area contributed by atoms with Gasteiger partial charge < -0.3 is 15.4 Å². The molecule has 7 heteroatoms. The van der Waals surface area contributed by atoms with E-state index in [0.717, 1.165) is 13.1 Å². The van der Waals surface area contributed by atoms with Crippen molar-refractivity contribution in [2.24, 2.45) is 0 Å². The molecule has 7 nitrogen and oxygen atoms in total. The number of aryl methyl sites for hydroxylation is 1. The molecule has 1 unspecified atom stereocenters. The number of nitrogens with zero attached hydrogens (tertiary/aromatic N) is 3. The Morgan fingerprint density at radius 1 is 1.65 bits per heavy atom. The molecule has 1 amide bonds. The third kappa shape index (κ3) is 4.12.